The first-order chi connectivity index (χ1) is 11.1. The lowest BCUT2D eigenvalue weighted by atomic mass is 9.90. The number of amides is 1. The Balaban J connectivity index is 1.56. The molecule has 2 heterocycles. The third kappa shape index (κ3) is 3.07. The standard InChI is InChI=1S/C18H23N3OS/c1-12-3-6-16-14(7-12)8-17(23-16)18(22)21(15-4-5-15)11-13-9-19-20(2)10-13/h8-10,12,15H,3-7,11H2,1-2H3. The highest BCUT2D eigenvalue weighted by atomic mass is 32.1. The van der Waals surface area contributed by atoms with E-state index in [1.54, 1.807) is 16.0 Å². The van der Waals surface area contributed by atoms with Crippen LogP contribution in [0.1, 0.15) is 51.9 Å². The van der Waals surface area contributed by atoms with E-state index in [2.05, 4.69) is 23.0 Å². The van der Waals surface area contributed by atoms with Crippen LogP contribution in [0.5, 0.6) is 0 Å². The molecule has 2 aromatic rings. The molecule has 2 aliphatic carbocycles. The largest absolute Gasteiger partial charge is 0.331 e. The highest BCUT2D eigenvalue weighted by Gasteiger charge is 2.34. The van der Waals surface area contributed by atoms with E-state index >= 15 is 0 Å². The first-order valence-corrected chi connectivity index (χ1v) is 9.32. The van der Waals surface area contributed by atoms with E-state index in [1.165, 1.54) is 16.9 Å². The summed E-state index contributed by atoms with van der Waals surface area (Å²) in [5.41, 5.74) is 2.52. The van der Waals surface area contributed by atoms with Crippen LogP contribution >= 0.6 is 11.3 Å². The van der Waals surface area contributed by atoms with Crippen LogP contribution < -0.4 is 0 Å². The summed E-state index contributed by atoms with van der Waals surface area (Å²) in [6.07, 6.45) is 9.66. The molecule has 1 saturated carbocycles. The van der Waals surface area contributed by atoms with Crippen molar-refractivity contribution in [2.24, 2.45) is 13.0 Å². The van der Waals surface area contributed by atoms with Crippen molar-refractivity contribution in [1.29, 1.82) is 0 Å². The number of thiophene rings is 1. The molecule has 0 spiro atoms. The highest BCUT2D eigenvalue weighted by Crippen LogP contribution is 2.35. The van der Waals surface area contributed by atoms with E-state index in [9.17, 15) is 4.79 Å². The fourth-order valence-electron chi connectivity index (χ4n) is 3.46. The number of carbonyl (C=O) groups is 1. The van der Waals surface area contributed by atoms with E-state index in [-0.39, 0.29) is 5.91 Å². The molecule has 0 radical (unpaired) electrons. The maximum absolute atomic E-state index is 13.0. The van der Waals surface area contributed by atoms with Crippen molar-refractivity contribution in [3.63, 3.8) is 0 Å². The van der Waals surface area contributed by atoms with Crippen LogP contribution in [0.4, 0.5) is 0 Å². The van der Waals surface area contributed by atoms with Crippen molar-refractivity contribution in [2.45, 2.75) is 51.6 Å². The number of carbonyl (C=O) groups excluding carboxylic acids is 1. The lowest BCUT2D eigenvalue weighted by Gasteiger charge is -2.21. The van der Waals surface area contributed by atoms with Gasteiger partial charge in [-0.25, -0.2) is 0 Å². The molecule has 23 heavy (non-hydrogen) atoms. The van der Waals surface area contributed by atoms with Gasteiger partial charge in [-0.2, -0.15) is 5.10 Å². The SMILES string of the molecule is CC1CCc2sc(C(=O)N(Cc3cnn(C)c3)C3CC3)cc2C1. The zero-order valence-corrected chi connectivity index (χ0v) is 14.6. The van der Waals surface area contributed by atoms with Crippen LogP contribution in [0.2, 0.25) is 0 Å². The predicted molar refractivity (Wildman–Crippen MR) is 91.6 cm³/mol. The predicted octanol–water partition coefficient (Wildman–Crippen LogP) is 3.41. The maximum atomic E-state index is 13.0. The zero-order valence-electron chi connectivity index (χ0n) is 13.8. The minimum absolute atomic E-state index is 0.211. The number of hydrogen-bond acceptors (Lipinski definition) is 3. The summed E-state index contributed by atoms with van der Waals surface area (Å²) in [5.74, 6) is 0.957. The van der Waals surface area contributed by atoms with Gasteiger partial charge in [0.15, 0.2) is 0 Å². The molecule has 0 aromatic carbocycles. The maximum Gasteiger partial charge on any atom is 0.264 e. The van der Waals surface area contributed by atoms with Crippen LogP contribution in [0.15, 0.2) is 18.5 Å². The summed E-state index contributed by atoms with van der Waals surface area (Å²) < 4.78 is 1.80. The molecule has 4 rings (SSSR count). The van der Waals surface area contributed by atoms with Crippen molar-refractivity contribution in [2.75, 3.05) is 0 Å². The lowest BCUT2D eigenvalue weighted by molar-refractivity contribution is 0.0735. The van der Waals surface area contributed by atoms with Gasteiger partial charge >= 0.3 is 0 Å². The summed E-state index contributed by atoms with van der Waals surface area (Å²) in [5, 5.41) is 4.22. The van der Waals surface area contributed by atoms with Gasteiger partial charge in [-0.05, 0) is 49.7 Å². The Morgan fingerprint density at radius 2 is 2.26 bits per heavy atom. The molecule has 5 heteroatoms. The molecule has 4 nitrogen and oxygen atoms in total. The minimum Gasteiger partial charge on any atom is -0.331 e. The molecule has 122 valence electrons. The monoisotopic (exact) mass is 329 g/mol. The van der Waals surface area contributed by atoms with Crippen LogP contribution in [0, 0.1) is 5.92 Å². The number of aryl methyl sites for hydroxylation is 2. The highest BCUT2D eigenvalue weighted by molar-refractivity contribution is 7.14. The quantitative estimate of drug-likeness (QED) is 0.862. The Morgan fingerprint density at radius 3 is 2.96 bits per heavy atom. The first kappa shape index (κ1) is 14.9. The number of rotatable bonds is 4. The molecule has 0 N–H and O–H groups in total. The van der Waals surface area contributed by atoms with Gasteiger partial charge in [-0.15, -0.1) is 11.3 Å². The van der Waals surface area contributed by atoms with Crippen molar-refractivity contribution in [1.82, 2.24) is 14.7 Å². The van der Waals surface area contributed by atoms with Crippen LogP contribution in [-0.2, 0) is 26.4 Å². The minimum atomic E-state index is 0.211. The van der Waals surface area contributed by atoms with Crippen molar-refractivity contribution in [3.05, 3.63) is 39.3 Å². The lowest BCUT2D eigenvalue weighted by Crippen LogP contribution is -2.32. The van der Waals surface area contributed by atoms with E-state index in [0.29, 0.717) is 12.6 Å². The van der Waals surface area contributed by atoms with Gasteiger partial charge in [0.25, 0.3) is 5.91 Å². The normalized spacial score (nSPS) is 20.3. The number of hydrogen-bond donors (Lipinski definition) is 0. The smallest absolute Gasteiger partial charge is 0.264 e. The van der Waals surface area contributed by atoms with Crippen molar-refractivity contribution < 1.29 is 4.79 Å². The molecule has 2 aromatic heterocycles. The second-order valence-corrected chi connectivity index (χ2v) is 8.23. The Kier molecular flexibility index (Phi) is 3.76. The Hall–Kier alpha value is -1.62. The average Bonchev–Trinajstić information content (AvgIpc) is 3.15. The second kappa shape index (κ2) is 5.78. The van der Waals surface area contributed by atoms with E-state index in [0.717, 1.165) is 42.0 Å². The first-order valence-electron chi connectivity index (χ1n) is 8.50. The Morgan fingerprint density at radius 1 is 1.43 bits per heavy atom. The van der Waals surface area contributed by atoms with Crippen molar-refractivity contribution >= 4 is 17.2 Å². The van der Waals surface area contributed by atoms with Gasteiger partial charge in [-0.1, -0.05) is 6.92 Å². The number of aromatic nitrogens is 2. The van der Waals surface area contributed by atoms with Gasteiger partial charge < -0.3 is 4.90 Å². The summed E-state index contributed by atoms with van der Waals surface area (Å²) >= 11 is 1.72. The molecular formula is C18H23N3OS. The summed E-state index contributed by atoms with van der Waals surface area (Å²) in [6, 6.07) is 2.58. The van der Waals surface area contributed by atoms with Crippen LogP contribution in [0.3, 0.4) is 0 Å². The Labute approximate surface area is 141 Å². The zero-order chi connectivity index (χ0) is 16.0. The second-order valence-electron chi connectivity index (χ2n) is 7.09. The molecule has 0 saturated heterocycles. The molecule has 1 unspecified atom stereocenters. The van der Waals surface area contributed by atoms with Crippen LogP contribution in [0.25, 0.3) is 0 Å². The molecule has 2 aliphatic rings. The van der Waals surface area contributed by atoms with E-state index in [1.807, 2.05) is 19.4 Å². The molecule has 1 amide bonds. The third-order valence-corrected chi connectivity index (χ3v) is 6.12. The number of nitrogens with zero attached hydrogens (tertiary/aromatic N) is 3. The van der Waals surface area contributed by atoms with Gasteiger partial charge in [0.2, 0.25) is 0 Å². The van der Waals surface area contributed by atoms with Gasteiger partial charge in [0, 0.05) is 36.3 Å². The fourth-order valence-corrected chi connectivity index (χ4v) is 4.62. The summed E-state index contributed by atoms with van der Waals surface area (Å²) in [7, 11) is 1.92. The third-order valence-electron chi connectivity index (χ3n) is 4.90. The van der Waals surface area contributed by atoms with Gasteiger partial charge in [0.05, 0.1) is 11.1 Å². The topological polar surface area (TPSA) is 38.1 Å². The number of fused-ring (bicyclic) bond motifs is 1. The molecule has 1 fully saturated rings. The van der Waals surface area contributed by atoms with E-state index in [4.69, 9.17) is 0 Å². The molecule has 0 aliphatic heterocycles. The molecule has 1 atom stereocenters. The average molecular weight is 329 g/mol. The van der Waals surface area contributed by atoms with Gasteiger partial charge in [0.1, 0.15) is 0 Å². The van der Waals surface area contributed by atoms with E-state index < -0.39 is 0 Å². The molecule has 0 bridgehead atoms. The summed E-state index contributed by atoms with van der Waals surface area (Å²) in [4.78, 5) is 17.5. The van der Waals surface area contributed by atoms with Crippen LogP contribution in [-0.4, -0.2) is 26.6 Å². The fraction of sp³-hybridized carbons (Fsp3) is 0.556. The van der Waals surface area contributed by atoms with Gasteiger partial charge in [-0.3, -0.25) is 9.48 Å². The summed E-state index contributed by atoms with van der Waals surface area (Å²) in [6.45, 7) is 2.98. The Bertz CT molecular complexity index is 728. The molecular weight excluding hydrogens is 306 g/mol. The van der Waals surface area contributed by atoms with Crippen molar-refractivity contribution in [3.8, 4) is 0 Å².